The van der Waals surface area contributed by atoms with Crippen LogP contribution in [0.4, 0.5) is 0 Å². The van der Waals surface area contributed by atoms with Gasteiger partial charge in [0.05, 0.1) is 12.2 Å². The van der Waals surface area contributed by atoms with Gasteiger partial charge in [-0.05, 0) is 48.5 Å². The first-order valence-corrected chi connectivity index (χ1v) is 7.46. The van der Waals surface area contributed by atoms with Gasteiger partial charge in [-0.3, -0.25) is 9.69 Å². The van der Waals surface area contributed by atoms with Crippen LogP contribution in [-0.2, 0) is 9.53 Å². The predicted molar refractivity (Wildman–Crippen MR) is 82.7 cm³/mol. The Morgan fingerprint density at radius 3 is 2.15 bits per heavy atom. The number of carbonyl (C=O) groups is 1. The molecule has 0 aromatic rings. The molecule has 2 unspecified atom stereocenters. The highest BCUT2D eigenvalue weighted by atomic mass is 16.5. The molecule has 116 valence electrons. The summed E-state index contributed by atoms with van der Waals surface area (Å²) in [4.78, 5) is 14.4. The van der Waals surface area contributed by atoms with Crippen LogP contribution in [0.2, 0.25) is 0 Å². The summed E-state index contributed by atoms with van der Waals surface area (Å²) in [6, 6.07) is 0. The second kappa shape index (κ2) is 6.72. The Hall–Kier alpha value is -0.870. The maximum Gasteiger partial charge on any atom is 0.246 e. The van der Waals surface area contributed by atoms with Gasteiger partial charge in [-0.1, -0.05) is 5.57 Å². The second-order valence-electron chi connectivity index (χ2n) is 6.78. The van der Waals surface area contributed by atoms with E-state index in [4.69, 9.17) is 4.74 Å². The second-order valence-corrected chi connectivity index (χ2v) is 6.78. The van der Waals surface area contributed by atoms with Gasteiger partial charge in [-0.25, -0.2) is 0 Å². The molecule has 4 heteroatoms. The molecule has 2 atom stereocenters. The summed E-state index contributed by atoms with van der Waals surface area (Å²) in [6.45, 7) is 16.8. The number of hydrogen-bond donors (Lipinski definition) is 1. The lowest BCUT2D eigenvalue weighted by molar-refractivity contribution is -0.119. The number of hydrogen-bond acceptors (Lipinski definition) is 3. The van der Waals surface area contributed by atoms with Crippen molar-refractivity contribution in [2.45, 2.75) is 66.2 Å². The van der Waals surface area contributed by atoms with E-state index < -0.39 is 0 Å². The Balaban J connectivity index is 2.61. The summed E-state index contributed by atoms with van der Waals surface area (Å²) in [5.74, 6) is 0.0347. The van der Waals surface area contributed by atoms with E-state index in [-0.39, 0.29) is 23.7 Å². The lowest BCUT2D eigenvalue weighted by Crippen LogP contribution is -2.58. The summed E-state index contributed by atoms with van der Waals surface area (Å²) in [6.07, 6.45) is 0.487. The number of nitrogens with zero attached hydrogens (tertiary/aromatic N) is 1. The van der Waals surface area contributed by atoms with Crippen molar-refractivity contribution in [3.8, 4) is 0 Å². The van der Waals surface area contributed by atoms with Crippen molar-refractivity contribution in [2.75, 3.05) is 19.6 Å². The zero-order valence-electron chi connectivity index (χ0n) is 14.0. The number of morpholine rings is 1. The van der Waals surface area contributed by atoms with Crippen molar-refractivity contribution in [1.29, 1.82) is 0 Å². The highest BCUT2D eigenvalue weighted by molar-refractivity contribution is 5.93. The van der Waals surface area contributed by atoms with Crippen molar-refractivity contribution in [1.82, 2.24) is 10.2 Å². The largest absolute Gasteiger partial charge is 0.373 e. The summed E-state index contributed by atoms with van der Waals surface area (Å²) >= 11 is 0. The maximum atomic E-state index is 12.0. The first-order chi connectivity index (χ1) is 9.13. The summed E-state index contributed by atoms with van der Waals surface area (Å²) in [5, 5.41) is 3.05. The third kappa shape index (κ3) is 4.60. The minimum atomic E-state index is -0.0656. The summed E-state index contributed by atoms with van der Waals surface area (Å²) in [7, 11) is 0. The summed E-state index contributed by atoms with van der Waals surface area (Å²) < 4.78 is 5.77. The number of amides is 1. The third-order valence-electron chi connectivity index (χ3n) is 4.05. The van der Waals surface area contributed by atoms with E-state index in [0.717, 1.165) is 24.2 Å². The average molecular weight is 282 g/mol. The number of allylic oxidation sites excluding steroid dienone is 1. The molecule has 1 rings (SSSR count). The van der Waals surface area contributed by atoms with Crippen LogP contribution in [0, 0.1) is 0 Å². The standard InChI is InChI=1S/C16H30N2O2/c1-11(2)14(5)15(19)17-10-16(6,7)18-8-12(3)20-13(4)9-18/h12-13H,8-10H2,1-7H3,(H,17,19). The first kappa shape index (κ1) is 17.2. The number of rotatable bonds is 4. The SMILES string of the molecule is CC(C)=C(C)C(=O)NCC(C)(C)N1CC(C)OC(C)C1. The van der Waals surface area contributed by atoms with Gasteiger partial charge >= 0.3 is 0 Å². The molecule has 20 heavy (non-hydrogen) atoms. The van der Waals surface area contributed by atoms with Crippen LogP contribution in [0.1, 0.15) is 48.5 Å². The van der Waals surface area contributed by atoms with Gasteiger partial charge in [0.15, 0.2) is 0 Å². The Kier molecular flexibility index (Phi) is 5.78. The smallest absolute Gasteiger partial charge is 0.246 e. The molecule has 0 spiro atoms. The fourth-order valence-electron chi connectivity index (χ4n) is 2.44. The van der Waals surface area contributed by atoms with E-state index in [1.54, 1.807) is 0 Å². The molecule has 0 aromatic carbocycles. The van der Waals surface area contributed by atoms with Gasteiger partial charge in [-0.2, -0.15) is 0 Å². The topological polar surface area (TPSA) is 41.6 Å². The molecular weight excluding hydrogens is 252 g/mol. The van der Waals surface area contributed by atoms with Crippen LogP contribution in [0.15, 0.2) is 11.1 Å². The molecule has 0 radical (unpaired) electrons. The Bertz CT molecular complexity index is 374. The van der Waals surface area contributed by atoms with E-state index in [1.807, 2.05) is 20.8 Å². The van der Waals surface area contributed by atoms with Crippen LogP contribution >= 0.6 is 0 Å². The van der Waals surface area contributed by atoms with Crippen molar-refractivity contribution >= 4 is 5.91 Å². The molecule has 1 heterocycles. The molecular formula is C16H30N2O2. The third-order valence-corrected chi connectivity index (χ3v) is 4.05. The number of nitrogens with one attached hydrogen (secondary N) is 1. The zero-order valence-corrected chi connectivity index (χ0v) is 14.0. The first-order valence-electron chi connectivity index (χ1n) is 7.46. The van der Waals surface area contributed by atoms with Crippen LogP contribution in [0.5, 0.6) is 0 Å². The predicted octanol–water partition coefficient (Wildman–Crippen LogP) is 2.35. The fraction of sp³-hybridized carbons (Fsp3) is 0.812. The van der Waals surface area contributed by atoms with E-state index in [1.165, 1.54) is 0 Å². The fourth-order valence-corrected chi connectivity index (χ4v) is 2.44. The van der Waals surface area contributed by atoms with Gasteiger partial charge in [0.1, 0.15) is 0 Å². The number of ether oxygens (including phenoxy) is 1. The lowest BCUT2D eigenvalue weighted by atomic mass is 9.99. The van der Waals surface area contributed by atoms with Gasteiger partial charge in [0.2, 0.25) is 5.91 Å². The zero-order chi connectivity index (χ0) is 15.5. The van der Waals surface area contributed by atoms with E-state index in [9.17, 15) is 4.79 Å². The molecule has 0 saturated carbocycles. The molecule has 4 nitrogen and oxygen atoms in total. The van der Waals surface area contributed by atoms with Crippen molar-refractivity contribution in [2.24, 2.45) is 0 Å². The van der Waals surface area contributed by atoms with Gasteiger partial charge in [0, 0.05) is 30.7 Å². The normalized spacial score (nSPS) is 24.4. The Morgan fingerprint density at radius 2 is 1.70 bits per heavy atom. The molecule has 1 fully saturated rings. The van der Waals surface area contributed by atoms with Crippen LogP contribution < -0.4 is 5.32 Å². The van der Waals surface area contributed by atoms with E-state index in [2.05, 4.69) is 37.9 Å². The van der Waals surface area contributed by atoms with Gasteiger partial charge in [-0.15, -0.1) is 0 Å². The van der Waals surface area contributed by atoms with Gasteiger partial charge < -0.3 is 10.1 Å². The molecule has 1 amide bonds. The molecule has 1 N–H and O–H groups in total. The van der Waals surface area contributed by atoms with E-state index in [0.29, 0.717) is 6.54 Å². The van der Waals surface area contributed by atoms with E-state index >= 15 is 0 Å². The van der Waals surface area contributed by atoms with Crippen molar-refractivity contribution in [3.05, 3.63) is 11.1 Å². The molecule has 0 bridgehead atoms. The molecule has 1 aliphatic rings. The van der Waals surface area contributed by atoms with Crippen LogP contribution in [0.25, 0.3) is 0 Å². The van der Waals surface area contributed by atoms with Gasteiger partial charge in [0.25, 0.3) is 0 Å². The minimum absolute atomic E-state index is 0.0347. The molecule has 1 saturated heterocycles. The van der Waals surface area contributed by atoms with Crippen molar-refractivity contribution < 1.29 is 9.53 Å². The molecule has 0 aliphatic carbocycles. The van der Waals surface area contributed by atoms with Crippen LogP contribution in [-0.4, -0.2) is 48.2 Å². The molecule has 0 aromatic heterocycles. The Morgan fingerprint density at radius 1 is 1.20 bits per heavy atom. The lowest BCUT2D eigenvalue weighted by Gasteiger charge is -2.45. The summed E-state index contributed by atoms with van der Waals surface area (Å²) in [5.41, 5.74) is 1.81. The minimum Gasteiger partial charge on any atom is -0.373 e. The molecule has 1 aliphatic heterocycles. The van der Waals surface area contributed by atoms with Crippen molar-refractivity contribution in [3.63, 3.8) is 0 Å². The average Bonchev–Trinajstić information content (AvgIpc) is 2.33. The monoisotopic (exact) mass is 282 g/mol. The quantitative estimate of drug-likeness (QED) is 0.805. The number of carbonyl (C=O) groups excluding carboxylic acids is 1. The highest BCUT2D eigenvalue weighted by Gasteiger charge is 2.33. The Labute approximate surface area is 123 Å². The maximum absolute atomic E-state index is 12.0. The highest BCUT2D eigenvalue weighted by Crippen LogP contribution is 2.20. The van der Waals surface area contributed by atoms with Crippen LogP contribution in [0.3, 0.4) is 0 Å².